The lowest BCUT2D eigenvalue weighted by Gasteiger charge is -2.07. The lowest BCUT2D eigenvalue weighted by Crippen LogP contribution is -2.04. The summed E-state index contributed by atoms with van der Waals surface area (Å²) in [6.45, 7) is 0.400. The van der Waals surface area contributed by atoms with Crippen LogP contribution in [0.5, 0.6) is 5.75 Å². The zero-order valence-corrected chi connectivity index (χ0v) is 14.1. The molecular formula is C14H11BrINO3. The Morgan fingerprint density at radius 1 is 1.25 bits per heavy atom. The maximum Gasteiger partial charge on any atom is 0.272 e. The summed E-state index contributed by atoms with van der Waals surface area (Å²) in [5.41, 5.74) is 0.787. The summed E-state index contributed by atoms with van der Waals surface area (Å²) in [4.78, 5) is 10.6. The van der Waals surface area contributed by atoms with E-state index in [0.717, 1.165) is 13.8 Å². The number of nitrogens with zero attached hydrogens (tertiary/aromatic N) is 1. The third-order valence-corrected chi connectivity index (χ3v) is 3.84. The van der Waals surface area contributed by atoms with Crippen LogP contribution >= 0.6 is 38.5 Å². The Morgan fingerprint density at radius 3 is 2.75 bits per heavy atom. The number of hydrogen-bond acceptors (Lipinski definition) is 3. The molecule has 0 fully saturated rings. The molecule has 0 aliphatic rings. The van der Waals surface area contributed by atoms with Crippen LogP contribution in [0, 0.1) is 13.7 Å². The molecule has 0 N–H and O–H groups in total. The molecule has 0 saturated heterocycles. The van der Waals surface area contributed by atoms with Gasteiger partial charge in [-0.2, -0.15) is 0 Å². The van der Waals surface area contributed by atoms with E-state index in [1.807, 2.05) is 24.3 Å². The van der Waals surface area contributed by atoms with Crippen molar-refractivity contribution in [3.05, 3.63) is 66.2 Å². The highest BCUT2D eigenvalue weighted by molar-refractivity contribution is 14.1. The molecule has 6 heteroatoms. The number of halogens is 2. The fourth-order valence-corrected chi connectivity index (χ4v) is 2.69. The minimum Gasteiger partial charge on any atom is -0.493 e. The van der Waals surface area contributed by atoms with Gasteiger partial charge in [-0.05, 0) is 52.9 Å². The Bertz CT molecular complexity index is 634. The highest BCUT2D eigenvalue weighted by atomic mass is 127. The van der Waals surface area contributed by atoms with E-state index in [1.165, 1.54) is 6.07 Å². The third-order valence-electron chi connectivity index (χ3n) is 2.67. The Labute approximate surface area is 138 Å². The fourth-order valence-electron chi connectivity index (χ4n) is 1.77. The maximum atomic E-state index is 11.0. The number of nitro groups is 1. The van der Waals surface area contributed by atoms with E-state index >= 15 is 0 Å². The van der Waals surface area contributed by atoms with Crippen LogP contribution in [0.1, 0.15) is 5.56 Å². The second-order valence-electron chi connectivity index (χ2n) is 4.09. The van der Waals surface area contributed by atoms with Crippen molar-refractivity contribution in [3.63, 3.8) is 0 Å². The van der Waals surface area contributed by atoms with Gasteiger partial charge in [0.1, 0.15) is 5.75 Å². The number of ether oxygens (including phenoxy) is 1. The Kier molecular flexibility index (Phi) is 5.36. The van der Waals surface area contributed by atoms with E-state index in [4.69, 9.17) is 4.74 Å². The van der Waals surface area contributed by atoms with Crippen molar-refractivity contribution < 1.29 is 9.66 Å². The average molecular weight is 448 g/mol. The monoisotopic (exact) mass is 447 g/mol. The van der Waals surface area contributed by atoms with Crippen molar-refractivity contribution in [2.75, 3.05) is 6.61 Å². The Hall–Kier alpha value is -1.15. The minimum absolute atomic E-state index is 0.124. The first kappa shape index (κ1) is 15.2. The van der Waals surface area contributed by atoms with Crippen molar-refractivity contribution in [3.8, 4) is 5.75 Å². The topological polar surface area (TPSA) is 52.4 Å². The van der Waals surface area contributed by atoms with E-state index in [2.05, 4.69) is 38.5 Å². The van der Waals surface area contributed by atoms with E-state index in [0.29, 0.717) is 18.6 Å². The van der Waals surface area contributed by atoms with Gasteiger partial charge in [0.2, 0.25) is 0 Å². The van der Waals surface area contributed by atoms with Gasteiger partial charge in [-0.25, -0.2) is 0 Å². The summed E-state index contributed by atoms with van der Waals surface area (Å²) in [5, 5.41) is 11.0. The Balaban J connectivity index is 2.04. The van der Waals surface area contributed by atoms with Crippen LogP contribution in [0.2, 0.25) is 0 Å². The number of rotatable bonds is 5. The van der Waals surface area contributed by atoms with Gasteiger partial charge in [0.05, 0.1) is 11.5 Å². The zero-order chi connectivity index (χ0) is 14.5. The van der Waals surface area contributed by atoms with Crippen LogP contribution in [0.15, 0.2) is 46.9 Å². The van der Waals surface area contributed by atoms with E-state index in [1.54, 1.807) is 12.1 Å². The van der Waals surface area contributed by atoms with Crippen molar-refractivity contribution in [2.45, 2.75) is 6.42 Å². The molecule has 0 bridgehead atoms. The molecule has 0 radical (unpaired) electrons. The average Bonchev–Trinajstić information content (AvgIpc) is 2.38. The number of hydrogen-bond donors (Lipinski definition) is 0. The first-order valence-electron chi connectivity index (χ1n) is 5.87. The van der Waals surface area contributed by atoms with Crippen LogP contribution in [0.3, 0.4) is 0 Å². The molecule has 0 heterocycles. The van der Waals surface area contributed by atoms with Crippen molar-refractivity contribution in [2.24, 2.45) is 0 Å². The molecule has 2 aromatic carbocycles. The van der Waals surface area contributed by atoms with Gasteiger partial charge in [-0.1, -0.05) is 22.0 Å². The minimum atomic E-state index is -0.368. The molecular weight excluding hydrogens is 437 g/mol. The summed E-state index contributed by atoms with van der Waals surface area (Å²) in [6, 6.07) is 12.6. The number of nitro benzene ring substituents is 1. The predicted octanol–water partition coefficient (Wildman–Crippen LogP) is 4.58. The molecule has 0 amide bonds. The SMILES string of the molecule is O=[N+]([O-])c1ccc(Br)cc1CCOc1cccc(I)c1. The zero-order valence-electron chi connectivity index (χ0n) is 10.4. The first-order chi connectivity index (χ1) is 9.56. The molecule has 0 aliphatic heterocycles. The van der Waals surface area contributed by atoms with Crippen LogP contribution < -0.4 is 4.74 Å². The molecule has 2 aromatic rings. The third kappa shape index (κ3) is 4.17. The van der Waals surface area contributed by atoms with Crippen LogP contribution in [-0.2, 0) is 6.42 Å². The van der Waals surface area contributed by atoms with Crippen molar-refractivity contribution >= 4 is 44.2 Å². The summed E-state index contributed by atoms with van der Waals surface area (Å²) < 4.78 is 7.54. The maximum absolute atomic E-state index is 11.0. The highest BCUT2D eigenvalue weighted by Gasteiger charge is 2.13. The molecule has 0 atom stereocenters. The van der Waals surface area contributed by atoms with E-state index < -0.39 is 0 Å². The van der Waals surface area contributed by atoms with Gasteiger partial charge in [0, 0.05) is 26.1 Å². The standard InChI is InChI=1S/C14H11BrINO3/c15-11-4-5-14(17(18)19)10(8-11)6-7-20-13-3-1-2-12(16)9-13/h1-5,8-9H,6-7H2. The molecule has 20 heavy (non-hydrogen) atoms. The predicted molar refractivity (Wildman–Crippen MR) is 89.2 cm³/mol. The number of benzene rings is 2. The molecule has 0 aromatic heterocycles. The molecule has 104 valence electrons. The second kappa shape index (κ2) is 7.03. The van der Waals surface area contributed by atoms with Crippen LogP contribution in [0.4, 0.5) is 5.69 Å². The van der Waals surface area contributed by atoms with E-state index in [9.17, 15) is 10.1 Å². The molecule has 4 nitrogen and oxygen atoms in total. The molecule has 0 unspecified atom stereocenters. The van der Waals surface area contributed by atoms with Gasteiger partial charge in [0.25, 0.3) is 5.69 Å². The lowest BCUT2D eigenvalue weighted by molar-refractivity contribution is -0.385. The van der Waals surface area contributed by atoms with Crippen molar-refractivity contribution in [1.29, 1.82) is 0 Å². The summed E-state index contributed by atoms with van der Waals surface area (Å²) in [6.07, 6.45) is 0.487. The van der Waals surface area contributed by atoms with Gasteiger partial charge >= 0.3 is 0 Å². The smallest absolute Gasteiger partial charge is 0.272 e. The normalized spacial score (nSPS) is 10.3. The molecule has 0 saturated carbocycles. The van der Waals surface area contributed by atoms with Gasteiger partial charge in [-0.15, -0.1) is 0 Å². The van der Waals surface area contributed by atoms with Gasteiger partial charge < -0.3 is 4.74 Å². The lowest BCUT2D eigenvalue weighted by atomic mass is 10.1. The van der Waals surface area contributed by atoms with Gasteiger partial charge in [0.15, 0.2) is 0 Å². The Morgan fingerprint density at radius 2 is 2.05 bits per heavy atom. The van der Waals surface area contributed by atoms with Gasteiger partial charge in [-0.3, -0.25) is 10.1 Å². The van der Waals surface area contributed by atoms with E-state index in [-0.39, 0.29) is 10.6 Å². The molecule has 0 spiro atoms. The largest absolute Gasteiger partial charge is 0.493 e. The second-order valence-corrected chi connectivity index (χ2v) is 6.25. The molecule has 2 rings (SSSR count). The summed E-state index contributed by atoms with van der Waals surface area (Å²) in [7, 11) is 0. The first-order valence-corrected chi connectivity index (χ1v) is 7.74. The summed E-state index contributed by atoms with van der Waals surface area (Å²) in [5.74, 6) is 0.773. The fraction of sp³-hybridized carbons (Fsp3) is 0.143. The van der Waals surface area contributed by atoms with Crippen molar-refractivity contribution in [1.82, 2.24) is 0 Å². The quantitative estimate of drug-likeness (QED) is 0.383. The highest BCUT2D eigenvalue weighted by Crippen LogP contribution is 2.24. The van der Waals surface area contributed by atoms with Crippen LogP contribution in [-0.4, -0.2) is 11.5 Å². The summed E-state index contributed by atoms with van der Waals surface area (Å²) >= 11 is 5.54. The molecule has 0 aliphatic carbocycles. The van der Waals surface area contributed by atoms with Crippen LogP contribution in [0.25, 0.3) is 0 Å².